The van der Waals surface area contributed by atoms with Crippen molar-refractivity contribution in [3.8, 4) is 5.75 Å². The molecule has 0 atom stereocenters. The fraction of sp³-hybridized carbons (Fsp3) is 0.143. The van der Waals surface area contributed by atoms with Crippen LogP contribution in [-0.4, -0.2) is 13.8 Å². The van der Waals surface area contributed by atoms with Crippen molar-refractivity contribution in [2.75, 3.05) is 7.11 Å². The fourth-order valence-corrected chi connectivity index (χ4v) is 0.822. The summed E-state index contributed by atoms with van der Waals surface area (Å²) in [6, 6.07) is 7.53. The van der Waals surface area contributed by atoms with Crippen molar-refractivity contribution in [1.82, 2.24) is 0 Å². The van der Waals surface area contributed by atoms with Gasteiger partial charge in [-0.25, -0.2) is 0 Å². The highest BCUT2D eigenvalue weighted by Gasteiger charge is 1.91. The van der Waals surface area contributed by atoms with E-state index in [9.17, 15) is 0 Å². The molecule has 0 N–H and O–H groups in total. The predicted molar refractivity (Wildman–Crippen MR) is 44.2 cm³/mol. The summed E-state index contributed by atoms with van der Waals surface area (Å²) in [6.45, 7) is 1.53. The lowest BCUT2D eigenvalue weighted by atomic mass is 9.95. The maximum Gasteiger partial charge on any atom is 0.275 e. The molecule has 1 radical (unpaired) electrons. The second kappa shape index (κ2) is 3.52. The Balaban J connectivity index is 2.80. The number of hydrogen-bond acceptors (Lipinski definition) is 1. The lowest BCUT2D eigenvalue weighted by Crippen LogP contribution is -2.06. The van der Waals surface area contributed by atoms with Crippen molar-refractivity contribution in [1.29, 1.82) is 0 Å². The minimum atomic E-state index is 0.849. The van der Waals surface area contributed by atoms with Crippen molar-refractivity contribution in [3.05, 3.63) is 24.3 Å². The third-order valence-electron chi connectivity index (χ3n) is 1.24. The van der Waals surface area contributed by atoms with Crippen molar-refractivity contribution in [2.24, 2.45) is 0 Å². The van der Waals surface area contributed by atoms with Crippen LogP contribution >= 0.6 is 11.5 Å². The van der Waals surface area contributed by atoms with Gasteiger partial charge in [0.1, 0.15) is 5.75 Å². The quantitative estimate of drug-likeness (QED) is 0.580. The van der Waals surface area contributed by atoms with Crippen LogP contribution in [-0.2, 0) is 0 Å². The number of ether oxygens (including phenoxy) is 1. The van der Waals surface area contributed by atoms with Gasteiger partial charge < -0.3 is 4.74 Å². The molecule has 1 aromatic carbocycles. The van der Waals surface area contributed by atoms with Crippen LogP contribution in [0.1, 0.15) is 0 Å². The molecule has 0 aliphatic heterocycles. The molecule has 51 valence electrons. The molecule has 10 heavy (non-hydrogen) atoms. The monoisotopic (exact) mass is 153 g/mol. The smallest absolute Gasteiger partial charge is 0.275 e. The van der Waals surface area contributed by atoms with Crippen LogP contribution in [0.3, 0.4) is 0 Å². The van der Waals surface area contributed by atoms with E-state index in [1.165, 1.54) is 6.69 Å². The van der Waals surface area contributed by atoms with E-state index in [-0.39, 0.29) is 0 Å². The molecule has 0 aliphatic carbocycles. The third-order valence-corrected chi connectivity index (χ3v) is 1.49. The Bertz CT molecular complexity index is 174. The van der Waals surface area contributed by atoms with Gasteiger partial charge in [0.2, 0.25) is 0 Å². The maximum absolute atomic E-state index is 5.46. The molecule has 0 unspecified atom stereocenters. The zero-order chi connectivity index (χ0) is 7.40. The van der Waals surface area contributed by atoms with E-state index in [1.54, 1.807) is 7.11 Å². The Labute approximate surface area is 66.1 Å². The minimum absolute atomic E-state index is 0.849. The first-order valence-corrected chi connectivity index (χ1v) is 3.38. The first-order valence-electron chi connectivity index (χ1n) is 2.94. The second-order valence-corrected chi connectivity index (χ2v) is 2.10. The number of benzene rings is 1. The van der Waals surface area contributed by atoms with E-state index in [2.05, 4.69) is 0 Å². The van der Waals surface area contributed by atoms with Gasteiger partial charge in [-0.3, -0.25) is 0 Å². The topological polar surface area (TPSA) is 9.23 Å². The van der Waals surface area contributed by atoms with Crippen molar-refractivity contribution < 1.29 is 4.74 Å². The van der Waals surface area contributed by atoms with Crippen LogP contribution in [0.5, 0.6) is 5.75 Å². The van der Waals surface area contributed by atoms with Crippen molar-refractivity contribution in [3.63, 3.8) is 0 Å². The summed E-state index contributed by atoms with van der Waals surface area (Å²) in [7, 11) is 1.64. The van der Waals surface area contributed by atoms with E-state index in [0.29, 0.717) is 0 Å². The van der Waals surface area contributed by atoms with Crippen molar-refractivity contribution >= 4 is 23.6 Å². The van der Waals surface area contributed by atoms with E-state index in [1.807, 2.05) is 24.3 Å². The first kappa shape index (κ1) is 7.48. The van der Waals surface area contributed by atoms with Gasteiger partial charge in [0.05, 0.1) is 7.11 Å². The Kier molecular flexibility index (Phi) is 2.63. The van der Waals surface area contributed by atoms with Gasteiger partial charge in [-0.2, -0.15) is 11.5 Å². The van der Waals surface area contributed by atoms with Gasteiger partial charge in [-0.15, -0.1) is 0 Å². The molecule has 0 aliphatic rings. The largest absolute Gasteiger partial charge is 0.497 e. The average molecular weight is 153 g/mol. The number of hydrogen-bond donors (Lipinski definition) is 0. The fourth-order valence-electron chi connectivity index (χ4n) is 0.677. The molecule has 0 heterocycles. The van der Waals surface area contributed by atoms with E-state index in [0.717, 1.165) is 11.2 Å². The van der Waals surface area contributed by atoms with Gasteiger partial charge in [0, 0.05) is 0 Å². The predicted octanol–water partition coefficient (Wildman–Crippen LogP) is 1.18. The van der Waals surface area contributed by atoms with Crippen LogP contribution in [0.25, 0.3) is 0 Å². The molecule has 0 aromatic heterocycles. The number of rotatable bonds is 2. The highest BCUT2D eigenvalue weighted by Crippen LogP contribution is 2.05. The molecule has 1 aromatic rings. The standard InChI is InChI=1S/C7H7BClO/c1-10-7-4-2-6(8-9)3-5-7/h2-5H,1H3. The molecule has 0 amide bonds. The van der Waals surface area contributed by atoms with Gasteiger partial charge >= 0.3 is 0 Å². The summed E-state index contributed by atoms with van der Waals surface area (Å²) >= 11 is 5.46. The summed E-state index contributed by atoms with van der Waals surface area (Å²) in [5.41, 5.74) is 0.988. The third kappa shape index (κ3) is 1.68. The molecule has 0 saturated carbocycles. The molecule has 0 saturated heterocycles. The van der Waals surface area contributed by atoms with Gasteiger partial charge in [0.25, 0.3) is 6.69 Å². The summed E-state index contributed by atoms with van der Waals surface area (Å²) in [5.74, 6) is 0.849. The Morgan fingerprint density at radius 2 is 1.90 bits per heavy atom. The molecule has 0 spiro atoms. The van der Waals surface area contributed by atoms with E-state index < -0.39 is 0 Å². The molecule has 3 heteroatoms. The summed E-state index contributed by atoms with van der Waals surface area (Å²) in [6.07, 6.45) is 0. The molecule has 0 fully saturated rings. The summed E-state index contributed by atoms with van der Waals surface area (Å²) < 4.78 is 4.96. The molecule has 1 rings (SSSR count). The maximum atomic E-state index is 5.46. The molecule has 0 bridgehead atoms. The average Bonchev–Trinajstić information content (AvgIpc) is 2.05. The number of methoxy groups -OCH3 is 1. The van der Waals surface area contributed by atoms with Gasteiger partial charge in [-0.1, -0.05) is 17.6 Å². The molecular formula is C7H7BClO. The lowest BCUT2D eigenvalue weighted by Gasteiger charge is -1.98. The SMILES string of the molecule is COc1ccc([B]Cl)cc1. The minimum Gasteiger partial charge on any atom is -0.497 e. The normalized spacial score (nSPS) is 9.00. The van der Waals surface area contributed by atoms with E-state index >= 15 is 0 Å². The second-order valence-electron chi connectivity index (χ2n) is 1.88. The van der Waals surface area contributed by atoms with Crippen LogP contribution in [0.4, 0.5) is 0 Å². The van der Waals surface area contributed by atoms with Crippen molar-refractivity contribution in [2.45, 2.75) is 0 Å². The highest BCUT2D eigenvalue weighted by atomic mass is 35.5. The Morgan fingerprint density at radius 1 is 1.30 bits per heavy atom. The Hall–Kier alpha value is -0.625. The van der Waals surface area contributed by atoms with E-state index in [4.69, 9.17) is 16.2 Å². The summed E-state index contributed by atoms with van der Waals surface area (Å²) in [4.78, 5) is 0. The molecular weight excluding hydrogens is 146 g/mol. The van der Waals surface area contributed by atoms with Crippen LogP contribution < -0.4 is 10.2 Å². The van der Waals surface area contributed by atoms with Crippen LogP contribution in [0.2, 0.25) is 0 Å². The number of halogens is 1. The van der Waals surface area contributed by atoms with Gasteiger partial charge in [0.15, 0.2) is 0 Å². The Morgan fingerprint density at radius 3 is 2.30 bits per heavy atom. The first-order chi connectivity index (χ1) is 4.86. The lowest BCUT2D eigenvalue weighted by molar-refractivity contribution is 0.415. The van der Waals surface area contributed by atoms with Crippen LogP contribution in [0.15, 0.2) is 24.3 Å². The zero-order valence-electron chi connectivity index (χ0n) is 5.67. The van der Waals surface area contributed by atoms with Crippen LogP contribution in [0, 0.1) is 0 Å². The molecule has 1 nitrogen and oxygen atoms in total. The van der Waals surface area contributed by atoms with Gasteiger partial charge in [-0.05, 0) is 12.1 Å². The summed E-state index contributed by atoms with van der Waals surface area (Å²) in [5, 5.41) is 0. The zero-order valence-corrected chi connectivity index (χ0v) is 6.43. The highest BCUT2D eigenvalue weighted by molar-refractivity contribution is 7.01.